The summed E-state index contributed by atoms with van der Waals surface area (Å²) in [5.74, 6) is 1.45. The summed E-state index contributed by atoms with van der Waals surface area (Å²) < 4.78 is 5.49. The number of benzene rings is 1. The van der Waals surface area contributed by atoms with Gasteiger partial charge in [0.25, 0.3) is 0 Å². The number of hydrogen-bond donors (Lipinski definition) is 1. The molecular formula is C26H34N4O2S. The highest BCUT2D eigenvalue weighted by molar-refractivity contribution is 7.16. The number of amides is 1. The van der Waals surface area contributed by atoms with Gasteiger partial charge in [0.05, 0.1) is 24.9 Å². The van der Waals surface area contributed by atoms with E-state index in [1.54, 1.807) is 18.4 Å². The fourth-order valence-corrected chi connectivity index (χ4v) is 6.23. The van der Waals surface area contributed by atoms with Crippen LogP contribution in [0.5, 0.6) is 5.75 Å². The molecule has 1 amide bonds. The van der Waals surface area contributed by atoms with E-state index in [1.165, 1.54) is 4.88 Å². The van der Waals surface area contributed by atoms with Gasteiger partial charge in [0.15, 0.2) is 0 Å². The zero-order chi connectivity index (χ0) is 23.6. The second-order valence-electron chi connectivity index (χ2n) is 10.1. The number of methoxy groups -OCH3 is 1. The van der Waals surface area contributed by atoms with E-state index in [-0.39, 0.29) is 11.3 Å². The molecule has 7 heteroatoms. The van der Waals surface area contributed by atoms with E-state index in [0.29, 0.717) is 18.0 Å². The van der Waals surface area contributed by atoms with Crippen LogP contribution < -0.4 is 15.0 Å². The molecule has 0 unspecified atom stereocenters. The van der Waals surface area contributed by atoms with E-state index in [0.717, 1.165) is 67.4 Å². The molecule has 2 aliphatic rings. The molecular weight excluding hydrogens is 432 g/mol. The summed E-state index contributed by atoms with van der Waals surface area (Å²) in [6.45, 7) is 10.5. The Morgan fingerprint density at radius 2 is 1.97 bits per heavy atom. The van der Waals surface area contributed by atoms with Crippen LogP contribution in [0, 0.1) is 22.7 Å². The minimum atomic E-state index is -0.0387. The first-order valence-electron chi connectivity index (χ1n) is 11.7. The minimum Gasteiger partial charge on any atom is -0.495 e. The standard InChI is InChI=1S/C26H34N4O2S/c1-26(2,3)18-9-10-19-20(16-27)25(33-23(19)15-18)28-24(31)17-29-11-13-30(14-12-29)21-7-5-6-8-22(21)32-4/h5-8,18H,9-15,17H2,1-4H3,(H,28,31)/t18-/m1/s1. The van der Waals surface area contributed by atoms with E-state index in [9.17, 15) is 10.1 Å². The van der Waals surface area contributed by atoms with Gasteiger partial charge in [0, 0.05) is 31.1 Å². The van der Waals surface area contributed by atoms with Crippen molar-refractivity contribution < 1.29 is 9.53 Å². The van der Waals surface area contributed by atoms with Gasteiger partial charge in [-0.15, -0.1) is 11.3 Å². The van der Waals surface area contributed by atoms with Gasteiger partial charge in [-0.3, -0.25) is 9.69 Å². The van der Waals surface area contributed by atoms with Crippen molar-refractivity contribution in [2.24, 2.45) is 11.3 Å². The molecule has 6 nitrogen and oxygen atoms in total. The minimum absolute atomic E-state index is 0.0387. The quantitative estimate of drug-likeness (QED) is 0.701. The molecule has 0 bridgehead atoms. The number of piperazine rings is 1. The van der Waals surface area contributed by atoms with Crippen molar-refractivity contribution >= 4 is 27.9 Å². The highest BCUT2D eigenvalue weighted by Gasteiger charge is 2.32. The molecule has 1 N–H and O–H groups in total. The van der Waals surface area contributed by atoms with Crippen LogP contribution in [0.1, 0.15) is 43.2 Å². The third kappa shape index (κ3) is 5.18. The van der Waals surface area contributed by atoms with E-state index >= 15 is 0 Å². The number of anilines is 2. The summed E-state index contributed by atoms with van der Waals surface area (Å²) in [5.41, 5.74) is 3.19. The highest BCUT2D eigenvalue weighted by atomic mass is 32.1. The van der Waals surface area contributed by atoms with Crippen LogP contribution in [0.15, 0.2) is 24.3 Å². The van der Waals surface area contributed by atoms with Gasteiger partial charge in [-0.05, 0) is 48.3 Å². The summed E-state index contributed by atoms with van der Waals surface area (Å²) in [4.78, 5) is 18.6. The molecule has 1 aromatic carbocycles. The number of para-hydroxylation sites is 2. The predicted octanol–water partition coefficient (Wildman–Crippen LogP) is 4.54. The first-order chi connectivity index (χ1) is 15.8. The van der Waals surface area contributed by atoms with Gasteiger partial charge in [-0.1, -0.05) is 32.9 Å². The molecule has 1 fully saturated rings. The van der Waals surface area contributed by atoms with Crippen molar-refractivity contribution in [1.29, 1.82) is 5.26 Å². The Balaban J connectivity index is 1.36. The van der Waals surface area contributed by atoms with Crippen LogP contribution in [0.4, 0.5) is 10.7 Å². The Labute approximate surface area is 201 Å². The highest BCUT2D eigenvalue weighted by Crippen LogP contribution is 2.44. The number of nitrogens with zero attached hydrogens (tertiary/aromatic N) is 3. The van der Waals surface area contributed by atoms with Crippen LogP contribution in [0.25, 0.3) is 0 Å². The number of nitriles is 1. The Hall–Kier alpha value is -2.56. The maximum atomic E-state index is 12.8. The lowest BCUT2D eigenvalue weighted by atomic mass is 9.72. The van der Waals surface area contributed by atoms with Crippen molar-refractivity contribution in [1.82, 2.24) is 4.90 Å². The van der Waals surface area contributed by atoms with E-state index in [1.807, 2.05) is 18.2 Å². The lowest BCUT2D eigenvalue weighted by Crippen LogP contribution is -2.48. The Morgan fingerprint density at radius 3 is 2.64 bits per heavy atom. The number of hydrogen-bond acceptors (Lipinski definition) is 6. The molecule has 0 saturated carbocycles. The molecule has 1 aliphatic heterocycles. The molecule has 2 aromatic rings. The van der Waals surface area contributed by atoms with Crippen molar-refractivity contribution in [2.45, 2.75) is 40.0 Å². The summed E-state index contributed by atoms with van der Waals surface area (Å²) in [7, 11) is 1.70. The number of thiophene rings is 1. The second kappa shape index (κ2) is 9.74. The maximum Gasteiger partial charge on any atom is 0.239 e. The molecule has 1 saturated heterocycles. The summed E-state index contributed by atoms with van der Waals surface area (Å²) in [5, 5.41) is 13.6. The summed E-state index contributed by atoms with van der Waals surface area (Å²) in [6, 6.07) is 10.4. The number of rotatable bonds is 5. The average Bonchev–Trinajstić information content (AvgIpc) is 3.14. The van der Waals surface area contributed by atoms with Gasteiger partial charge in [0.2, 0.25) is 5.91 Å². The molecule has 0 spiro atoms. The predicted molar refractivity (Wildman–Crippen MR) is 134 cm³/mol. The lowest BCUT2D eigenvalue weighted by molar-refractivity contribution is -0.117. The van der Waals surface area contributed by atoms with Crippen LogP contribution in [-0.4, -0.2) is 50.6 Å². The number of ether oxygens (including phenoxy) is 1. The van der Waals surface area contributed by atoms with Gasteiger partial charge in [-0.25, -0.2) is 0 Å². The second-order valence-corrected chi connectivity index (χ2v) is 11.2. The smallest absolute Gasteiger partial charge is 0.239 e. The molecule has 1 aliphatic carbocycles. The Morgan fingerprint density at radius 1 is 1.24 bits per heavy atom. The van der Waals surface area contributed by atoms with Crippen LogP contribution in [0.3, 0.4) is 0 Å². The fourth-order valence-electron chi connectivity index (χ4n) is 4.94. The number of carbonyl (C=O) groups is 1. The van der Waals surface area contributed by atoms with E-state index in [2.05, 4.69) is 48.0 Å². The van der Waals surface area contributed by atoms with Crippen molar-refractivity contribution in [2.75, 3.05) is 50.1 Å². The Bertz CT molecular complexity index is 1040. The molecule has 33 heavy (non-hydrogen) atoms. The topological polar surface area (TPSA) is 68.6 Å². The SMILES string of the molecule is COc1ccccc1N1CCN(CC(=O)Nc2sc3c(c2C#N)CC[C@@H](C(C)(C)C)C3)CC1. The zero-order valence-corrected chi connectivity index (χ0v) is 20.9. The maximum absolute atomic E-state index is 12.8. The van der Waals surface area contributed by atoms with E-state index < -0.39 is 0 Å². The number of fused-ring (bicyclic) bond motifs is 1. The molecule has 1 aromatic heterocycles. The van der Waals surface area contributed by atoms with Crippen LogP contribution in [0.2, 0.25) is 0 Å². The first kappa shape index (κ1) is 23.6. The van der Waals surface area contributed by atoms with Gasteiger partial charge >= 0.3 is 0 Å². The Kier molecular flexibility index (Phi) is 6.96. The normalized spacial score (nSPS) is 19.0. The van der Waals surface area contributed by atoms with Gasteiger partial charge < -0.3 is 15.0 Å². The molecule has 1 atom stereocenters. The largest absolute Gasteiger partial charge is 0.495 e. The summed E-state index contributed by atoms with van der Waals surface area (Å²) in [6.07, 6.45) is 3.03. The third-order valence-corrected chi connectivity index (χ3v) is 8.19. The van der Waals surface area contributed by atoms with Crippen LogP contribution in [-0.2, 0) is 17.6 Å². The number of carbonyl (C=O) groups excluding carboxylic acids is 1. The molecule has 0 radical (unpaired) electrons. The first-order valence-corrected chi connectivity index (χ1v) is 12.6. The molecule has 176 valence electrons. The molecule has 4 rings (SSSR count). The van der Waals surface area contributed by atoms with Gasteiger partial charge in [-0.2, -0.15) is 5.26 Å². The fraction of sp³-hybridized carbons (Fsp3) is 0.538. The summed E-state index contributed by atoms with van der Waals surface area (Å²) >= 11 is 1.60. The lowest BCUT2D eigenvalue weighted by Gasteiger charge is -2.36. The zero-order valence-electron chi connectivity index (χ0n) is 20.1. The average molecular weight is 467 g/mol. The number of nitrogens with one attached hydrogen (secondary N) is 1. The van der Waals surface area contributed by atoms with E-state index in [4.69, 9.17) is 4.74 Å². The van der Waals surface area contributed by atoms with Crippen molar-refractivity contribution in [3.63, 3.8) is 0 Å². The van der Waals surface area contributed by atoms with Crippen molar-refractivity contribution in [3.8, 4) is 11.8 Å². The third-order valence-electron chi connectivity index (χ3n) is 7.02. The monoisotopic (exact) mass is 466 g/mol. The van der Waals surface area contributed by atoms with Crippen molar-refractivity contribution in [3.05, 3.63) is 40.3 Å². The van der Waals surface area contributed by atoms with Gasteiger partial charge in [0.1, 0.15) is 16.8 Å². The van der Waals surface area contributed by atoms with Crippen LogP contribution >= 0.6 is 11.3 Å². The molecule has 2 heterocycles.